The first kappa shape index (κ1) is 34.9. The molecule has 3 heterocycles. The van der Waals surface area contributed by atoms with Crippen LogP contribution in [0.4, 0.5) is 17.6 Å². The van der Waals surface area contributed by atoms with E-state index in [-0.39, 0.29) is 47.4 Å². The van der Waals surface area contributed by atoms with Gasteiger partial charge >= 0.3 is 6.18 Å². The van der Waals surface area contributed by atoms with Crippen LogP contribution < -0.4 is 20.1 Å². The number of nitrogens with one attached hydrogen (secondary N) is 2. The standard InChI is InChI=1S/C39H34F4N4O5/c1-37(36(49)45-17-15-23-6-3-2-4-7-23)22-51-34-29(37)20-31(47-33(34)24-9-11-27(40)12-10-24)38(50,39(41,42)43)21-46-35(48)26-18-25-8-5-16-44-32(25)30(19-26)52-28-13-14-28/h2-12,16,18-20,28,50H,13-15,17,21-22H2,1H3,(H,45,49)(H,46,48)/t37-,38?/m0/s1. The molecule has 1 unspecified atom stereocenters. The lowest BCUT2D eigenvalue weighted by molar-refractivity contribution is -0.265. The lowest BCUT2D eigenvalue weighted by Crippen LogP contribution is -2.52. The van der Waals surface area contributed by atoms with E-state index in [1.54, 1.807) is 18.3 Å². The maximum atomic E-state index is 15.1. The van der Waals surface area contributed by atoms with Crippen molar-refractivity contribution in [1.82, 2.24) is 20.6 Å². The highest BCUT2D eigenvalue weighted by Crippen LogP contribution is 2.48. The number of carbonyl (C=O) groups excluding carboxylic acids is 2. The first-order valence-corrected chi connectivity index (χ1v) is 16.8. The van der Waals surface area contributed by atoms with E-state index >= 15 is 13.2 Å². The van der Waals surface area contributed by atoms with Crippen LogP contribution >= 0.6 is 0 Å². The maximum Gasteiger partial charge on any atom is 0.424 e. The molecule has 1 fully saturated rings. The van der Waals surface area contributed by atoms with Crippen LogP contribution in [0, 0.1) is 5.82 Å². The van der Waals surface area contributed by atoms with E-state index in [2.05, 4.69) is 20.6 Å². The highest BCUT2D eigenvalue weighted by Gasteiger charge is 2.58. The summed E-state index contributed by atoms with van der Waals surface area (Å²) in [7, 11) is 0. The Morgan fingerprint density at radius 2 is 1.75 bits per heavy atom. The minimum atomic E-state index is -5.36. The molecular weight excluding hydrogens is 680 g/mol. The van der Waals surface area contributed by atoms with E-state index in [9.17, 15) is 19.1 Å². The fourth-order valence-electron chi connectivity index (χ4n) is 6.14. The third-order valence-corrected chi connectivity index (χ3v) is 9.38. The molecule has 7 rings (SSSR count). The van der Waals surface area contributed by atoms with Gasteiger partial charge in [-0.2, -0.15) is 13.2 Å². The molecule has 1 saturated carbocycles. The third-order valence-electron chi connectivity index (χ3n) is 9.38. The summed E-state index contributed by atoms with van der Waals surface area (Å²) in [4.78, 5) is 35.7. The first-order chi connectivity index (χ1) is 24.9. The number of alkyl halides is 3. The zero-order valence-corrected chi connectivity index (χ0v) is 28.0. The number of amides is 2. The summed E-state index contributed by atoms with van der Waals surface area (Å²) >= 11 is 0. The number of rotatable bonds is 11. The predicted octanol–water partition coefficient (Wildman–Crippen LogP) is 6.17. The molecule has 2 aromatic heterocycles. The molecule has 9 nitrogen and oxygen atoms in total. The molecule has 0 saturated heterocycles. The largest absolute Gasteiger partial charge is 0.489 e. The van der Waals surface area contributed by atoms with Crippen LogP contribution in [0.2, 0.25) is 0 Å². The average molecular weight is 715 g/mol. The molecule has 0 spiro atoms. The summed E-state index contributed by atoms with van der Waals surface area (Å²) in [5.74, 6) is -1.66. The van der Waals surface area contributed by atoms with Crippen molar-refractivity contribution in [3.63, 3.8) is 0 Å². The Balaban J connectivity index is 1.23. The number of hydrogen-bond donors (Lipinski definition) is 3. The Morgan fingerprint density at radius 3 is 2.46 bits per heavy atom. The number of aliphatic hydroxyl groups is 1. The molecule has 1 aliphatic heterocycles. The van der Waals surface area contributed by atoms with Gasteiger partial charge in [-0.3, -0.25) is 14.6 Å². The number of pyridine rings is 2. The van der Waals surface area contributed by atoms with Gasteiger partial charge in [0.15, 0.2) is 0 Å². The second kappa shape index (κ2) is 13.5. The zero-order chi connectivity index (χ0) is 36.7. The van der Waals surface area contributed by atoms with Crippen molar-refractivity contribution in [3.05, 3.63) is 119 Å². The number of hydrogen-bond acceptors (Lipinski definition) is 7. The minimum absolute atomic E-state index is 0.00253. The summed E-state index contributed by atoms with van der Waals surface area (Å²) in [6, 6.07) is 21.5. The molecule has 2 aliphatic rings. The van der Waals surface area contributed by atoms with Gasteiger partial charge in [-0.25, -0.2) is 9.37 Å². The van der Waals surface area contributed by atoms with E-state index in [0.29, 0.717) is 23.1 Å². The number of carbonyl (C=O) groups is 2. The minimum Gasteiger partial charge on any atom is -0.489 e. The van der Waals surface area contributed by atoms with Gasteiger partial charge in [-0.1, -0.05) is 36.4 Å². The number of halogens is 4. The molecule has 13 heteroatoms. The monoisotopic (exact) mass is 714 g/mol. The Kier molecular flexibility index (Phi) is 9.07. The van der Waals surface area contributed by atoms with Crippen LogP contribution in [0.15, 0.2) is 91.1 Å². The SMILES string of the molecule is C[C@]1(C(=O)NCCc2ccccc2)COc2c1cc(C(O)(CNC(=O)c1cc(OC3CC3)c3ncccc3c1)C(F)(F)F)nc2-c1ccc(F)cc1. The van der Waals surface area contributed by atoms with Crippen LogP contribution in [0.1, 0.15) is 46.9 Å². The number of nitrogens with zero attached hydrogens (tertiary/aromatic N) is 2. The Hall–Kier alpha value is -5.56. The van der Waals surface area contributed by atoms with Crippen molar-refractivity contribution >= 4 is 22.7 Å². The highest BCUT2D eigenvalue weighted by atomic mass is 19.4. The van der Waals surface area contributed by atoms with Crippen LogP contribution in [0.5, 0.6) is 11.5 Å². The lowest BCUT2D eigenvalue weighted by Gasteiger charge is -2.31. The van der Waals surface area contributed by atoms with Gasteiger partial charge in [0.25, 0.3) is 5.91 Å². The molecule has 52 heavy (non-hydrogen) atoms. The summed E-state index contributed by atoms with van der Waals surface area (Å²) in [6.07, 6.45) is -1.66. The lowest BCUT2D eigenvalue weighted by atomic mass is 9.81. The molecule has 3 aromatic carbocycles. The van der Waals surface area contributed by atoms with Gasteiger partial charge in [0.1, 0.15) is 40.5 Å². The normalized spacial score (nSPS) is 17.9. The molecule has 0 bridgehead atoms. The smallest absolute Gasteiger partial charge is 0.424 e. The topological polar surface area (TPSA) is 123 Å². The third kappa shape index (κ3) is 6.75. The molecular formula is C39H34F4N4O5. The molecule has 1 aliphatic carbocycles. The van der Waals surface area contributed by atoms with E-state index in [0.717, 1.165) is 36.6 Å². The Morgan fingerprint density at radius 1 is 1.00 bits per heavy atom. The van der Waals surface area contributed by atoms with E-state index in [4.69, 9.17) is 9.47 Å². The van der Waals surface area contributed by atoms with Crippen molar-refractivity contribution in [2.75, 3.05) is 19.7 Å². The van der Waals surface area contributed by atoms with Crippen molar-refractivity contribution < 1.29 is 41.7 Å². The number of aromatic nitrogens is 2. The van der Waals surface area contributed by atoms with Crippen LogP contribution in [-0.2, 0) is 22.2 Å². The second-order valence-corrected chi connectivity index (χ2v) is 13.3. The number of fused-ring (bicyclic) bond motifs is 2. The number of ether oxygens (including phenoxy) is 2. The molecule has 0 radical (unpaired) electrons. The average Bonchev–Trinajstić information content (AvgIpc) is 3.89. The van der Waals surface area contributed by atoms with E-state index < -0.39 is 47.1 Å². The number of benzene rings is 3. The summed E-state index contributed by atoms with van der Waals surface area (Å²) in [6.45, 7) is 0.212. The first-order valence-electron chi connectivity index (χ1n) is 16.8. The van der Waals surface area contributed by atoms with Gasteiger partial charge in [0.05, 0.1) is 18.3 Å². The van der Waals surface area contributed by atoms with Crippen molar-refractivity contribution in [3.8, 4) is 22.8 Å². The van der Waals surface area contributed by atoms with Crippen LogP contribution in [0.25, 0.3) is 22.2 Å². The van der Waals surface area contributed by atoms with E-state index in [1.807, 2.05) is 30.3 Å². The van der Waals surface area contributed by atoms with Crippen molar-refractivity contribution in [2.45, 2.75) is 49.5 Å². The molecule has 2 amide bonds. The van der Waals surface area contributed by atoms with E-state index in [1.165, 1.54) is 31.2 Å². The van der Waals surface area contributed by atoms with Crippen LogP contribution in [-0.4, -0.2) is 58.9 Å². The maximum absolute atomic E-state index is 15.1. The van der Waals surface area contributed by atoms with Gasteiger partial charge in [-0.05, 0) is 80.3 Å². The summed E-state index contributed by atoms with van der Waals surface area (Å²) in [5.41, 5.74) is -4.52. The predicted molar refractivity (Wildman–Crippen MR) is 183 cm³/mol. The van der Waals surface area contributed by atoms with Crippen LogP contribution in [0.3, 0.4) is 0 Å². The van der Waals surface area contributed by atoms with Crippen molar-refractivity contribution in [2.24, 2.45) is 0 Å². The van der Waals surface area contributed by atoms with Gasteiger partial charge < -0.3 is 25.2 Å². The Labute approximate surface area is 296 Å². The fourth-order valence-corrected chi connectivity index (χ4v) is 6.14. The second-order valence-electron chi connectivity index (χ2n) is 13.3. The van der Waals surface area contributed by atoms with Gasteiger partial charge in [0, 0.05) is 34.8 Å². The zero-order valence-electron chi connectivity index (χ0n) is 28.0. The molecule has 5 aromatic rings. The van der Waals surface area contributed by atoms with Gasteiger partial charge in [0.2, 0.25) is 11.5 Å². The van der Waals surface area contributed by atoms with Gasteiger partial charge in [-0.15, -0.1) is 0 Å². The molecule has 2 atom stereocenters. The quantitative estimate of drug-likeness (QED) is 0.140. The summed E-state index contributed by atoms with van der Waals surface area (Å²) < 4.78 is 71.0. The fraction of sp³-hybridized carbons (Fsp3) is 0.282. The summed E-state index contributed by atoms with van der Waals surface area (Å²) in [5, 5.41) is 17.2. The Bertz CT molecular complexity index is 2140. The molecule has 268 valence electrons. The van der Waals surface area contributed by atoms with Crippen molar-refractivity contribution in [1.29, 1.82) is 0 Å². The molecule has 3 N–H and O–H groups in total. The highest BCUT2D eigenvalue weighted by molar-refractivity contribution is 6.00.